The molecule has 0 bridgehead atoms. The fraction of sp³-hybridized carbons (Fsp3) is 0.750. The van der Waals surface area contributed by atoms with Crippen molar-refractivity contribution in [2.75, 3.05) is 6.54 Å². The second-order valence-corrected chi connectivity index (χ2v) is 6.24. The summed E-state index contributed by atoms with van der Waals surface area (Å²) >= 11 is 0. The van der Waals surface area contributed by atoms with Crippen molar-refractivity contribution in [3.8, 4) is 0 Å². The number of H-pyrrole nitrogens is 1. The van der Waals surface area contributed by atoms with Gasteiger partial charge in [0.05, 0.1) is 0 Å². The van der Waals surface area contributed by atoms with Gasteiger partial charge in [-0.25, -0.2) is 0 Å². The van der Waals surface area contributed by atoms with E-state index >= 15 is 0 Å². The quantitative estimate of drug-likeness (QED) is 0.817. The van der Waals surface area contributed by atoms with Crippen LogP contribution in [0.15, 0.2) is 12.3 Å². The van der Waals surface area contributed by atoms with Crippen molar-refractivity contribution >= 4 is 0 Å². The predicted molar refractivity (Wildman–Crippen MR) is 75.9 cm³/mol. The van der Waals surface area contributed by atoms with Crippen molar-refractivity contribution in [1.29, 1.82) is 0 Å². The van der Waals surface area contributed by atoms with Gasteiger partial charge >= 0.3 is 0 Å². The van der Waals surface area contributed by atoms with Crippen LogP contribution >= 0.6 is 0 Å². The Hall–Kier alpha value is -0.760. The van der Waals surface area contributed by atoms with Crippen LogP contribution in [0.25, 0.3) is 0 Å². The molecule has 1 saturated carbocycles. The zero-order valence-corrected chi connectivity index (χ0v) is 11.5. The number of aromatic amines is 1. The van der Waals surface area contributed by atoms with Crippen molar-refractivity contribution in [1.82, 2.24) is 10.3 Å². The van der Waals surface area contributed by atoms with E-state index in [1.54, 1.807) is 5.56 Å². The summed E-state index contributed by atoms with van der Waals surface area (Å²) in [6.45, 7) is 3.42. The summed E-state index contributed by atoms with van der Waals surface area (Å²) in [4.78, 5) is 3.34. The van der Waals surface area contributed by atoms with E-state index in [1.165, 1.54) is 57.2 Å². The zero-order valence-electron chi connectivity index (χ0n) is 11.5. The van der Waals surface area contributed by atoms with Gasteiger partial charge in [-0.05, 0) is 62.6 Å². The Balaban J connectivity index is 1.66. The van der Waals surface area contributed by atoms with E-state index in [-0.39, 0.29) is 0 Å². The van der Waals surface area contributed by atoms with Crippen LogP contribution in [0.5, 0.6) is 0 Å². The molecule has 1 aromatic heterocycles. The summed E-state index contributed by atoms with van der Waals surface area (Å²) in [7, 11) is 0. The number of aryl methyl sites for hydroxylation is 1. The molecular formula is C16H26N2. The number of nitrogens with one attached hydrogen (secondary N) is 2. The van der Waals surface area contributed by atoms with Crippen molar-refractivity contribution in [2.45, 2.75) is 63.8 Å². The third-order valence-electron chi connectivity index (χ3n) is 5.09. The minimum Gasteiger partial charge on any atom is -0.365 e. The molecule has 2 unspecified atom stereocenters. The molecule has 0 radical (unpaired) electrons. The number of rotatable bonds is 2. The first-order valence-corrected chi connectivity index (χ1v) is 7.72. The van der Waals surface area contributed by atoms with Crippen molar-refractivity contribution in [3.05, 3.63) is 23.5 Å². The molecule has 2 atom stereocenters. The van der Waals surface area contributed by atoms with E-state index in [1.807, 2.05) is 0 Å². The van der Waals surface area contributed by atoms with Gasteiger partial charge in [0, 0.05) is 17.9 Å². The highest BCUT2D eigenvalue weighted by atomic mass is 14.9. The maximum absolute atomic E-state index is 3.79. The third kappa shape index (κ3) is 2.49. The van der Waals surface area contributed by atoms with E-state index in [0.717, 1.165) is 17.9 Å². The highest BCUT2D eigenvalue weighted by Gasteiger charge is 2.30. The van der Waals surface area contributed by atoms with E-state index in [9.17, 15) is 0 Å². The van der Waals surface area contributed by atoms with Crippen LogP contribution in [-0.2, 0) is 0 Å². The predicted octanol–water partition coefficient (Wildman–Crippen LogP) is 3.74. The molecule has 2 fully saturated rings. The Morgan fingerprint density at radius 3 is 2.67 bits per heavy atom. The van der Waals surface area contributed by atoms with E-state index < -0.39 is 0 Å². The Labute approximate surface area is 111 Å². The fourth-order valence-electron chi connectivity index (χ4n) is 4.04. The molecule has 1 aliphatic carbocycles. The smallest absolute Gasteiger partial charge is 0.0150 e. The van der Waals surface area contributed by atoms with Gasteiger partial charge in [-0.3, -0.25) is 0 Å². The first-order valence-electron chi connectivity index (χ1n) is 7.72. The maximum Gasteiger partial charge on any atom is 0.0150 e. The molecule has 0 amide bonds. The number of aromatic nitrogens is 1. The molecule has 1 aliphatic heterocycles. The highest BCUT2D eigenvalue weighted by Crippen LogP contribution is 2.36. The van der Waals surface area contributed by atoms with Gasteiger partial charge in [0.15, 0.2) is 0 Å². The van der Waals surface area contributed by atoms with Crippen molar-refractivity contribution in [2.24, 2.45) is 5.92 Å². The molecule has 2 N–H and O–H groups in total. The molecule has 0 spiro atoms. The summed E-state index contributed by atoms with van der Waals surface area (Å²) in [6.07, 6.45) is 12.0. The van der Waals surface area contributed by atoms with Crippen LogP contribution in [0.2, 0.25) is 0 Å². The summed E-state index contributed by atoms with van der Waals surface area (Å²) in [5.74, 6) is 1.73. The van der Waals surface area contributed by atoms with Gasteiger partial charge in [-0.15, -0.1) is 0 Å². The summed E-state index contributed by atoms with van der Waals surface area (Å²) in [6, 6.07) is 3.07. The molecule has 18 heavy (non-hydrogen) atoms. The summed E-state index contributed by atoms with van der Waals surface area (Å²) in [5.41, 5.74) is 2.95. The fourth-order valence-corrected chi connectivity index (χ4v) is 4.04. The van der Waals surface area contributed by atoms with Crippen LogP contribution in [0, 0.1) is 12.8 Å². The van der Waals surface area contributed by atoms with Gasteiger partial charge in [0.25, 0.3) is 0 Å². The standard InChI is InChI=1S/C16H26N2/c1-12-15(8-10-17-12)14-7-9-18-16(11-14)13-5-3-2-4-6-13/h8,10,13-14,16-18H,2-7,9,11H2,1H3. The lowest BCUT2D eigenvalue weighted by Crippen LogP contribution is -2.43. The second kappa shape index (κ2) is 5.48. The summed E-state index contributed by atoms with van der Waals surface area (Å²) in [5, 5.41) is 3.79. The Kier molecular flexibility index (Phi) is 3.74. The lowest BCUT2D eigenvalue weighted by molar-refractivity contribution is 0.221. The first kappa shape index (κ1) is 12.3. The van der Waals surface area contributed by atoms with Crippen LogP contribution in [0.3, 0.4) is 0 Å². The molecule has 0 aromatic carbocycles. The summed E-state index contributed by atoms with van der Waals surface area (Å²) < 4.78 is 0. The van der Waals surface area contributed by atoms with Crippen LogP contribution in [-0.4, -0.2) is 17.6 Å². The molecule has 3 rings (SSSR count). The Morgan fingerprint density at radius 1 is 1.11 bits per heavy atom. The van der Waals surface area contributed by atoms with Crippen molar-refractivity contribution < 1.29 is 0 Å². The molecular weight excluding hydrogens is 220 g/mol. The average molecular weight is 246 g/mol. The average Bonchev–Trinajstić information content (AvgIpc) is 2.86. The number of hydrogen-bond donors (Lipinski definition) is 2. The molecule has 2 nitrogen and oxygen atoms in total. The van der Waals surface area contributed by atoms with Gasteiger partial charge in [0.2, 0.25) is 0 Å². The van der Waals surface area contributed by atoms with Gasteiger partial charge < -0.3 is 10.3 Å². The molecule has 2 heterocycles. The zero-order chi connectivity index (χ0) is 12.4. The van der Waals surface area contributed by atoms with Gasteiger partial charge in [0.1, 0.15) is 0 Å². The minimum atomic E-state index is 0.776. The lowest BCUT2D eigenvalue weighted by Gasteiger charge is -2.37. The Morgan fingerprint density at radius 2 is 1.94 bits per heavy atom. The van der Waals surface area contributed by atoms with Gasteiger partial charge in [-0.1, -0.05) is 19.3 Å². The van der Waals surface area contributed by atoms with Crippen LogP contribution < -0.4 is 5.32 Å². The normalized spacial score (nSPS) is 30.5. The Bertz CT molecular complexity index is 376. The second-order valence-electron chi connectivity index (χ2n) is 6.24. The van der Waals surface area contributed by atoms with E-state index in [2.05, 4.69) is 29.5 Å². The largest absolute Gasteiger partial charge is 0.365 e. The molecule has 2 aliphatic rings. The molecule has 100 valence electrons. The SMILES string of the molecule is Cc1[nH]ccc1C1CCNC(C2CCCCC2)C1. The number of piperidine rings is 1. The monoisotopic (exact) mass is 246 g/mol. The molecule has 1 aromatic rings. The molecule has 1 saturated heterocycles. The first-order chi connectivity index (χ1) is 8.84. The lowest BCUT2D eigenvalue weighted by atomic mass is 9.76. The maximum atomic E-state index is 3.79. The topological polar surface area (TPSA) is 27.8 Å². The third-order valence-corrected chi connectivity index (χ3v) is 5.09. The van der Waals surface area contributed by atoms with Crippen molar-refractivity contribution in [3.63, 3.8) is 0 Å². The van der Waals surface area contributed by atoms with Crippen LogP contribution in [0.1, 0.15) is 62.1 Å². The van der Waals surface area contributed by atoms with E-state index in [0.29, 0.717) is 0 Å². The highest BCUT2D eigenvalue weighted by molar-refractivity contribution is 5.24. The number of hydrogen-bond acceptors (Lipinski definition) is 1. The van der Waals surface area contributed by atoms with E-state index in [4.69, 9.17) is 0 Å². The van der Waals surface area contributed by atoms with Gasteiger partial charge in [-0.2, -0.15) is 0 Å². The minimum absolute atomic E-state index is 0.776. The van der Waals surface area contributed by atoms with Crippen LogP contribution in [0.4, 0.5) is 0 Å². The molecule has 2 heteroatoms.